The fraction of sp³-hybridized carbons (Fsp3) is 0.500. The van der Waals surface area contributed by atoms with Gasteiger partial charge in [-0.1, -0.05) is 0 Å². The van der Waals surface area contributed by atoms with Crippen LogP contribution in [-0.2, 0) is 17.9 Å². The predicted octanol–water partition coefficient (Wildman–Crippen LogP) is 1.61. The van der Waals surface area contributed by atoms with Gasteiger partial charge in [0.05, 0.1) is 12.2 Å². The fourth-order valence-corrected chi connectivity index (χ4v) is 3.15. The molecule has 0 atom stereocenters. The van der Waals surface area contributed by atoms with E-state index in [-0.39, 0.29) is 5.91 Å². The first-order chi connectivity index (χ1) is 6.59. The molecule has 0 aliphatic carbocycles. The minimum Gasteiger partial charge on any atom is -0.335 e. The van der Waals surface area contributed by atoms with Crippen LogP contribution in [-0.4, -0.2) is 26.9 Å². The van der Waals surface area contributed by atoms with Crippen molar-refractivity contribution in [2.24, 2.45) is 0 Å². The van der Waals surface area contributed by atoms with Crippen LogP contribution in [0.2, 0.25) is 0 Å². The lowest BCUT2D eigenvalue weighted by molar-refractivity contribution is -0.130. The van der Waals surface area contributed by atoms with E-state index in [2.05, 4.69) is 48.1 Å². The van der Waals surface area contributed by atoms with Crippen molar-refractivity contribution in [3.63, 3.8) is 0 Å². The molecule has 76 valence electrons. The summed E-state index contributed by atoms with van der Waals surface area (Å²) in [6.45, 7) is 3.87. The first kappa shape index (κ1) is 10.4. The largest absolute Gasteiger partial charge is 0.335 e. The summed E-state index contributed by atoms with van der Waals surface area (Å²) < 4.78 is 3.95. The minimum absolute atomic E-state index is 0.129. The smallest absolute Gasteiger partial charge is 0.219 e. The van der Waals surface area contributed by atoms with Crippen LogP contribution in [0.25, 0.3) is 0 Å². The quantitative estimate of drug-likeness (QED) is 0.652. The Kier molecular flexibility index (Phi) is 2.83. The molecule has 0 bridgehead atoms. The highest BCUT2D eigenvalue weighted by Gasteiger charge is 2.23. The molecule has 0 saturated heterocycles. The molecule has 1 aromatic rings. The number of halogens is 2. The molecule has 4 nitrogen and oxygen atoms in total. The summed E-state index contributed by atoms with van der Waals surface area (Å²) in [7, 11) is 0. The Hall–Kier alpha value is -0.110. The van der Waals surface area contributed by atoms with E-state index in [9.17, 15) is 4.79 Å². The van der Waals surface area contributed by atoms with E-state index in [4.69, 9.17) is 0 Å². The van der Waals surface area contributed by atoms with Crippen LogP contribution in [0, 0.1) is 3.70 Å². The van der Waals surface area contributed by atoms with Crippen molar-refractivity contribution in [1.82, 2.24) is 14.5 Å². The topological polar surface area (TPSA) is 38.1 Å². The lowest BCUT2D eigenvalue weighted by atomic mass is 10.3. The average Bonchev–Trinajstić information content (AvgIpc) is 2.42. The summed E-state index contributed by atoms with van der Waals surface area (Å²) in [4.78, 5) is 17.4. The highest BCUT2D eigenvalue weighted by atomic mass is 127. The SMILES string of the molecule is CC(=O)N1CCn2c(Br)nc(I)c2C1. The minimum atomic E-state index is 0.129. The van der Waals surface area contributed by atoms with Crippen LogP contribution < -0.4 is 0 Å². The van der Waals surface area contributed by atoms with Gasteiger partial charge in [0.15, 0.2) is 4.73 Å². The highest BCUT2D eigenvalue weighted by molar-refractivity contribution is 14.1. The number of hydrogen-bond acceptors (Lipinski definition) is 2. The van der Waals surface area contributed by atoms with Crippen molar-refractivity contribution in [1.29, 1.82) is 0 Å². The van der Waals surface area contributed by atoms with Crippen molar-refractivity contribution in [2.75, 3.05) is 6.54 Å². The van der Waals surface area contributed by atoms with Crippen molar-refractivity contribution < 1.29 is 4.79 Å². The standard InChI is InChI=1S/C8H9BrIN3O/c1-5(14)12-2-3-13-6(4-12)7(10)11-8(13)9/h2-4H2,1H3. The maximum absolute atomic E-state index is 11.2. The van der Waals surface area contributed by atoms with Gasteiger partial charge in [-0.3, -0.25) is 4.79 Å². The summed E-state index contributed by atoms with van der Waals surface area (Å²) in [5.41, 5.74) is 1.12. The van der Waals surface area contributed by atoms with Crippen LogP contribution in [0.1, 0.15) is 12.6 Å². The first-order valence-electron chi connectivity index (χ1n) is 4.25. The Balaban J connectivity index is 2.34. The molecule has 0 saturated carbocycles. The summed E-state index contributed by atoms with van der Waals surface area (Å²) >= 11 is 5.60. The summed E-state index contributed by atoms with van der Waals surface area (Å²) in [5, 5.41) is 0. The van der Waals surface area contributed by atoms with Gasteiger partial charge in [0.25, 0.3) is 0 Å². The zero-order valence-electron chi connectivity index (χ0n) is 7.63. The number of carbonyl (C=O) groups is 1. The number of carbonyl (C=O) groups excluding carboxylic acids is 1. The molecule has 1 aromatic heterocycles. The van der Waals surface area contributed by atoms with Crippen molar-refractivity contribution in [2.45, 2.75) is 20.0 Å². The molecule has 2 heterocycles. The Morgan fingerprint density at radius 3 is 2.93 bits per heavy atom. The van der Waals surface area contributed by atoms with Gasteiger partial charge in [-0.05, 0) is 38.5 Å². The van der Waals surface area contributed by atoms with Gasteiger partial charge in [0, 0.05) is 20.0 Å². The maximum atomic E-state index is 11.2. The fourth-order valence-electron chi connectivity index (χ4n) is 1.56. The Bertz CT molecular complexity index is 390. The predicted molar refractivity (Wildman–Crippen MR) is 63.7 cm³/mol. The molecular weight excluding hydrogens is 361 g/mol. The molecule has 0 unspecified atom stereocenters. The second-order valence-corrected chi connectivity index (χ2v) is 4.94. The number of rotatable bonds is 0. The van der Waals surface area contributed by atoms with E-state index >= 15 is 0 Å². The average molecular weight is 370 g/mol. The molecule has 1 aliphatic heterocycles. The van der Waals surface area contributed by atoms with Gasteiger partial charge in [-0.15, -0.1) is 0 Å². The molecule has 6 heteroatoms. The van der Waals surface area contributed by atoms with E-state index in [0.717, 1.165) is 27.2 Å². The molecule has 0 aromatic carbocycles. The van der Waals surface area contributed by atoms with E-state index in [1.54, 1.807) is 6.92 Å². The maximum Gasteiger partial charge on any atom is 0.219 e. The third-order valence-corrected chi connectivity index (χ3v) is 3.83. The second kappa shape index (κ2) is 3.80. The highest BCUT2D eigenvalue weighted by Crippen LogP contribution is 2.23. The number of aromatic nitrogens is 2. The molecule has 14 heavy (non-hydrogen) atoms. The van der Waals surface area contributed by atoms with Gasteiger partial charge in [-0.25, -0.2) is 4.98 Å². The molecule has 0 spiro atoms. The van der Waals surface area contributed by atoms with Crippen LogP contribution in [0.4, 0.5) is 0 Å². The Morgan fingerprint density at radius 2 is 2.29 bits per heavy atom. The zero-order valence-corrected chi connectivity index (χ0v) is 11.4. The van der Waals surface area contributed by atoms with Crippen molar-refractivity contribution >= 4 is 44.4 Å². The Morgan fingerprint density at radius 1 is 1.57 bits per heavy atom. The Labute approximate surface area is 104 Å². The van der Waals surface area contributed by atoms with Gasteiger partial charge in [0.2, 0.25) is 5.91 Å². The summed E-state index contributed by atoms with van der Waals surface area (Å²) in [5.74, 6) is 0.129. The monoisotopic (exact) mass is 369 g/mol. The first-order valence-corrected chi connectivity index (χ1v) is 6.12. The van der Waals surface area contributed by atoms with Gasteiger partial charge in [-0.2, -0.15) is 0 Å². The third-order valence-electron chi connectivity index (χ3n) is 2.36. The third kappa shape index (κ3) is 1.69. The molecular formula is C8H9BrIN3O. The lowest BCUT2D eigenvalue weighted by Crippen LogP contribution is -2.36. The molecule has 0 radical (unpaired) electrons. The van der Waals surface area contributed by atoms with Crippen LogP contribution >= 0.6 is 38.5 Å². The van der Waals surface area contributed by atoms with Gasteiger partial charge < -0.3 is 9.47 Å². The van der Waals surface area contributed by atoms with E-state index in [1.165, 1.54) is 0 Å². The summed E-state index contributed by atoms with van der Waals surface area (Å²) in [6.07, 6.45) is 0. The van der Waals surface area contributed by atoms with Gasteiger partial charge >= 0.3 is 0 Å². The van der Waals surface area contributed by atoms with E-state index in [0.29, 0.717) is 6.54 Å². The number of amides is 1. The molecule has 1 amide bonds. The number of hydrogen-bond donors (Lipinski definition) is 0. The molecule has 1 aliphatic rings. The van der Waals surface area contributed by atoms with Gasteiger partial charge in [0.1, 0.15) is 3.70 Å². The number of fused-ring (bicyclic) bond motifs is 1. The van der Waals surface area contributed by atoms with Crippen LogP contribution in [0.5, 0.6) is 0 Å². The number of nitrogens with zero attached hydrogens (tertiary/aromatic N) is 3. The zero-order chi connectivity index (χ0) is 10.3. The van der Waals surface area contributed by atoms with Crippen molar-refractivity contribution in [3.05, 3.63) is 14.1 Å². The van der Waals surface area contributed by atoms with Crippen LogP contribution in [0.15, 0.2) is 4.73 Å². The summed E-state index contributed by atoms with van der Waals surface area (Å²) in [6, 6.07) is 0. The molecule has 0 fully saturated rings. The molecule has 2 rings (SSSR count). The normalized spacial score (nSPS) is 15.5. The van der Waals surface area contributed by atoms with E-state index in [1.807, 2.05) is 4.90 Å². The molecule has 0 N–H and O–H groups in total. The van der Waals surface area contributed by atoms with Crippen molar-refractivity contribution in [3.8, 4) is 0 Å². The second-order valence-electron chi connectivity index (χ2n) is 3.21. The van der Waals surface area contributed by atoms with Crippen LogP contribution in [0.3, 0.4) is 0 Å². The van der Waals surface area contributed by atoms with E-state index < -0.39 is 0 Å². The lowest BCUT2D eigenvalue weighted by Gasteiger charge is -2.27. The number of imidazole rings is 1.